The molecule has 1 aliphatic heterocycles. The number of benzene rings is 1. The predicted octanol–water partition coefficient (Wildman–Crippen LogP) is 4.38. The van der Waals surface area contributed by atoms with E-state index in [9.17, 15) is 0 Å². The van der Waals surface area contributed by atoms with Gasteiger partial charge in [0.1, 0.15) is 23.1 Å². The van der Waals surface area contributed by atoms with Crippen molar-refractivity contribution in [1.82, 2.24) is 19.7 Å². The molecule has 1 atom stereocenters. The number of aromatic nitrogens is 4. The van der Waals surface area contributed by atoms with Crippen LogP contribution in [0.15, 0.2) is 52.2 Å². The molecule has 0 N–H and O–H groups in total. The third-order valence-electron chi connectivity index (χ3n) is 5.14. The highest BCUT2D eigenvalue weighted by Crippen LogP contribution is 2.39. The van der Waals surface area contributed by atoms with Crippen molar-refractivity contribution in [1.29, 1.82) is 0 Å². The molecular weight excluding hydrogens is 370 g/mol. The molecule has 1 unspecified atom stereocenters. The Labute approximate surface area is 166 Å². The van der Waals surface area contributed by atoms with E-state index in [2.05, 4.69) is 45.7 Å². The zero-order valence-corrected chi connectivity index (χ0v) is 16.7. The summed E-state index contributed by atoms with van der Waals surface area (Å²) < 4.78 is 7.65. The number of nitrogens with zero attached hydrogens (tertiary/aromatic N) is 5. The maximum Gasteiger partial charge on any atom is 0.196 e. The van der Waals surface area contributed by atoms with Crippen molar-refractivity contribution >= 4 is 17.0 Å². The fraction of sp³-hybridized carbons (Fsp3) is 0.238. The van der Waals surface area contributed by atoms with Crippen LogP contribution in [0.25, 0.3) is 5.00 Å². The lowest BCUT2D eigenvalue weighted by atomic mass is 10.00. The Hall–Kier alpha value is -3.06. The van der Waals surface area contributed by atoms with Gasteiger partial charge in [-0.1, -0.05) is 30.3 Å². The molecule has 0 aliphatic carbocycles. The van der Waals surface area contributed by atoms with E-state index in [1.54, 1.807) is 23.8 Å². The fourth-order valence-electron chi connectivity index (χ4n) is 3.64. The Balaban J connectivity index is 1.79. The molecule has 0 bridgehead atoms. The van der Waals surface area contributed by atoms with Gasteiger partial charge in [-0.2, -0.15) is 0 Å². The van der Waals surface area contributed by atoms with Gasteiger partial charge in [0.25, 0.3) is 0 Å². The number of fused-ring (bicyclic) bond motifs is 3. The van der Waals surface area contributed by atoms with Crippen LogP contribution in [0.5, 0.6) is 0 Å². The van der Waals surface area contributed by atoms with Gasteiger partial charge in [0.05, 0.1) is 18.3 Å². The Morgan fingerprint density at radius 2 is 1.93 bits per heavy atom. The first-order chi connectivity index (χ1) is 13.6. The molecule has 7 heteroatoms. The largest absolute Gasteiger partial charge is 0.449 e. The van der Waals surface area contributed by atoms with Gasteiger partial charge in [0.2, 0.25) is 0 Å². The van der Waals surface area contributed by atoms with Crippen LogP contribution >= 0.6 is 11.3 Å². The van der Waals surface area contributed by atoms with Gasteiger partial charge in [-0.15, -0.1) is 21.5 Å². The highest BCUT2D eigenvalue weighted by Gasteiger charge is 2.31. The molecule has 3 aromatic heterocycles. The van der Waals surface area contributed by atoms with Crippen molar-refractivity contribution < 1.29 is 4.42 Å². The van der Waals surface area contributed by atoms with Crippen LogP contribution in [0.1, 0.15) is 45.1 Å². The molecule has 0 fully saturated rings. The first-order valence-corrected chi connectivity index (χ1v) is 9.99. The summed E-state index contributed by atoms with van der Waals surface area (Å²) in [6, 6.07) is 10.1. The van der Waals surface area contributed by atoms with Gasteiger partial charge in [-0.3, -0.25) is 9.56 Å². The highest BCUT2D eigenvalue weighted by atomic mass is 32.1. The van der Waals surface area contributed by atoms with Crippen molar-refractivity contribution in [2.45, 2.75) is 33.2 Å². The minimum absolute atomic E-state index is 0.227. The molecule has 4 aromatic rings. The van der Waals surface area contributed by atoms with E-state index in [0.717, 1.165) is 33.5 Å². The van der Waals surface area contributed by atoms with Crippen molar-refractivity contribution in [2.75, 3.05) is 0 Å². The predicted molar refractivity (Wildman–Crippen MR) is 108 cm³/mol. The van der Waals surface area contributed by atoms with Crippen molar-refractivity contribution in [3.63, 3.8) is 0 Å². The summed E-state index contributed by atoms with van der Waals surface area (Å²) in [5.74, 6) is 2.33. The molecule has 0 spiro atoms. The van der Waals surface area contributed by atoms with E-state index in [1.807, 2.05) is 25.1 Å². The van der Waals surface area contributed by atoms with Gasteiger partial charge < -0.3 is 4.42 Å². The summed E-state index contributed by atoms with van der Waals surface area (Å²) in [7, 11) is 0. The fourth-order valence-corrected chi connectivity index (χ4v) is 4.85. The standard InChI is InChI=1S/C21H19N5OS/c1-12-13(2)28-21-18(12)19(15-7-5-4-6-8-15)23-16(11-17-22-9-10-27-17)20-25-24-14(3)26(20)21/h4-10,16H,11H2,1-3H3. The van der Waals surface area contributed by atoms with Crippen molar-refractivity contribution in [3.05, 3.63) is 81.9 Å². The van der Waals surface area contributed by atoms with E-state index < -0.39 is 0 Å². The minimum atomic E-state index is -0.227. The van der Waals surface area contributed by atoms with E-state index in [-0.39, 0.29) is 6.04 Å². The van der Waals surface area contributed by atoms with Crippen LogP contribution in [0.4, 0.5) is 0 Å². The SMILES string of the molecule is Cc1sc2c(c1C)C(c1ccccc1)=NC(Cc1ncco1)c1nnc(C)n1-2. The number of rotatable bonds is 3. The van der Waals surface area contributed by atoms with E-state index in [4.69, 9.17) is 9.41 Å². The lowest BCUT2D eigenvalue weighted by Gasteiger charge is -2.11. The topological polar surface area (TPSA) is 69.1 Å². The van der Waals surface area contributed by atoms with Crippen LogP contribution in [0, 0.1) is 20.8 Å². The van der Waals surface area contributed by atoms with Gasteiger partial charge in [0.15, 0.2) is 11.7 Å². The van der Waals surface area contributed by atoms with Crippen LogP contribution in [-0.4, -0.2) is 25.5 Å². The molecule has 1 aliphatic rings. The molecule has 4 heterocycles. The number of hydrogen-bond acceptors (Lipinski definition) is 6. The first-order valence-electron chi connectivity index (χ1n) is 9.17. The third kappa shape index (κ3) is 2.62. The van der Waals surface area contributed by atoms with Crippen LogP contribution in [-0.2, 0) is 6.42 Å². The second kappa shape index (κ2) is 6.53. The van der Waals surface area contributed by atoms with Gasteiger partial charge >= 0.3 is 0 Å². The Kier molecular flexibility index (Phi) is 3.98. The van der Waals surface area contributed by atoms with Gasteiger partial charge in [-0.25, -0.2) is 4.98 Å². The lowest BCUT2D eigenvalue weighted by molar-refractivity contribution is 0.467. The summed E-state index contributed by atoms with van der Waals surface area (Å²) in [6.45, 7) is 6.30. The zero-order chi connectivity index (χ0) is 19.3. The molecule has 0 saturated heterocycles. The van der Waals surface area contributed by atoms with Gasteiger partial charge in [-0.05, 0) is 26.3 Å². The van der Waals surface area contributed by atoms with Crippen LogP contribution in [0.2, 0.25) is 0 Å². The molecule has 0 radical (unpaired) electrons. The van der Waals surface area contributed by atoms with Crippen LogP contribution in [0.3, 0.4) is 0 Å². The Bertz CT molecular complexity index is 1170. The molecule has 6 nitrogen and oxygen atoms in total. The lowest BCUT2D eigenvalue weighted by Crippen LogP contribution is -2.09. The normalized spacial score (nSPS) is 15.7. The highest BCUT2D eigenvalue weighted by molar-refractivity contribution is 7.15. The van der Waals surface area contributed by atoms with Gasteiger partial charge in [0, 0.05) is 16.0 Å². The number of oxazole rings is 1. The molecule has 1 aromatic carbocycles. The molecular formula is C21H19N5OS. The smallest absolute Gasteiger partial charge is 0.196 e. The number of aliphatic imine (C=N–C) groups is 1. The molecule has 140 valence electrons. The molecule has 0 amide bonds. The van der Waals surface area contributed by atoms with E-state index in [0.29, 0.717) is 12.3 Å². The summed E-state index contributed by atoms with van der Waals surface area (Å²) in [6.07, 6.45) is 3.79. The maximum atomic E-state index is 5.51. The molecule has 0 saturated carbocycles. The number of thiophene rings is 1. The minimum Gasteiger partial charge on any atom is -0.449 e. The summed E-state index contributed by atoms with van der Waals surface area (Å²) >= 11 is 1.76. The quantitative estimate of drug-likeness (QED) is 0.521. The summed E-state index contributed by atoms with van der Waals surface area (Å²) in [5.41, 5.74) is 4.49. The molecule has 28 heavy (non-hydrogen) atoms. The third-order valence-corrected chi connectivity index (χ3v) is 6.33. The second-order valence-corrected chi connectivity index (χ2v) is 8.10. The first kappa shape index (κ1) is 17.1. The average molecular weight is 389 g/mol. The number of hydrogen-bond donors (Lipinski definition) is 0. The van der Waals surface area contributed by atoms with Crippen molar-refractivity contribution in [3.8, 4) is 5.00 Å². The maximum absolute atomic E-state index is 5.51. The summed E-state index contributed by atoms with van der Waals surface area (Å²) in [5, 5.41) is 9.97. The zero-order valence-electron chi connectivity index (χ0n) is 15.9. The second-order valence-electron chi connectivity index (χ2n) is 6.89. The van der Waals surface area contributed by atoms with Crippen LogP contribution < -0.4 is 0 Å². The Morgan fingerprint density at radius 1 is 1.11 bits per heavy atom. The monoisotopic (exact) mass is 389 g/mol. The Morgan fingerprint density at radius 3 is 2.68 bits per heavy atom. The van der Waals surface area contributed by atoms with E-state index in [1.165, 1.54) is 10.4 Å². The van der Waals surface area contributed by atoms with E-state index >= 15 is 0 Å². The average Bonchev–Trinajstić information content (AvgIpc) is 3.39. The molecule has 5 rings (SSSR count). The summed E-state index contributed by atoms with van der Waals surface area (Å²) in [4.78, 5) is 10.8. The number of aryl methyl sites for hydroxylation is 2. The van der Waals surface area contributed by atoms with Crippen molar-refractivity contribution in [2.24, 2.45) is 4.99 Å².